The summed E-state index contributed by atoms with van der Waals surface area (Å²) in [5, 5.41) is 3.49. The summed E-state index contributed by atoms with van der Waals surface area (Å²) in [6.07, 6.45) is 1.48. The Kier molecular flexibility index (Phi) is 5.74. The first-order valence-electron chi connectivity index (χ1n) is 8.93. The number of aryl methyl sites for hydroxylation is 2. The summed E-state index contributed by atoms with van der Waals surface area (Å²) in [6.45, 7) is 10.2. The first-order chi connectivity index (χ1) is 12.4. The monoisotopic (exact) mass is 378 g/mol. The zero-order chi connectivity index (χ0) is 18.8. The molecular formula is C18H26N4O3S. The zero-order valence-electron chi connectivity index (χ0n) is 15.7. The highest BCUT2D eigenvalue weighted by Crippen LogP contribution is 2.26. The first kappa shape index (κ1) is 19.0. The molecule has 1 amide bonds. The van der Waals surface area contributed by atoms with E-state index in [-0.39, 0.29) is 17.6 Å². The van der Waals surface area contributed by atoms with Gasteiger partial charge in [-0.15, -0.1) is 11.3 Å². The second-order valence-electron chi connectivity index (χ2n) is 7.25. The molecule has 1 fully saturated rings. The minimum atomic E-state index is -0.169. The molecule has 0 saturated carbocycles. The number of nitrogens with zero attached hydrogens (tertiary/aromatic N) is 3. The fourth-order valence-corrected chi connectivity index (χ4v) is 4.35. The van der Waals surface area contributed by atoms with Crippen molar-refractivity contribution in [2.45, 2.75) is 26.9 Å². The molecule has 2 aromatic heterocycles. The lowest BCUT2D eigenvalue weighted by molar-refractivity contribution is -0.0295. The van der Waals surface area contributed by atoms with Crippen molar-refractivity contribution in [3.63, 3.8) is 0 Å². The maximum Gasteiger partial charge on any atom is 0.262 e. The largest absolute Gasteiger partial charge is 0.374 e. The minimum Gasteiger partial charge on any atom is -0.374 e. The molecule has 7 nitrogen and oxygen atoms in total. The van der Waals surface area contributed by atoms with E-state index in [4.69, 9.17) is 4.74 Å². The highest BCUT2D eigenvalue weighted by Gasteiger charge is 2.23. The Hall–Kier alpha value is -1.77. The maximum atomic E-state index is 12.6. The molecule has 1 aliphatic heterocycles. The number of aromatic nitrogens is 2. The van der Waals surface area contributed by atoms with Gasteiger partial charge in [0.15, 0.2) is 0 Å². The molecule has 1 aliphatic rings. The quantitative estimate of drug-likeness (QED) is 0.851. The van der Waals surface area contributed by atoms with Crippen molar-refractivity contribution in [3.05, 3.63) is 27.1 Å². The lowest BCUT2D eigenvalue weighted by Crippen LogP contribution is -2.48. The van der Waals surface area contributed by atoms with Gasteiger partial charge in [0.25, 0.3) is 11.5 Å². The average Bonchev–Trinajstić information content (AvgIpc) is 2.93. The topological polar surface area (TPSA) is 76.5 Å². The average molecular weight is 378 g/mol. The van der Waals surface area contributed by atoms with Crippen LogP contribution in [0.4, 0.5) is 0 Å². The number of carbonyl (C=O) groups is 1. The molecule has 3 rings (SSSR count). The first-order valence-corrected chi connectivity index (χ1v) is 9.75. The number of rotatable bonds is 5. The van der Waals surface area contributed by atoms with Crippen LogP contribution >= 0.6 is 11.3 Å². The third kappa shape index (κ3) is 3.97. The SMILES string of the molecule is Cc1c(C(=O)NCC2CN(CC(C)C)CCO2)sc2ncn(C)c(=O)c12. The molecular weight excluding hydrogens is 352 g/mol. The highest BCUT2D eigenvalue weighted by molar-refractivity contribution is 7.20. The van der Waals surface area contributed by atoms with Crippen LogP contribution in [-0.4, -0.2) is 59.2 Å². The van der Waals surface area contributed by atoms with E-state index in [0.717, 1.165) is 19.6 Å². The van der Waals surface area contributed by atoms with Gasteiger partial charge >= 0.3 is 0 Å². The number of carbonyl (C=O) groups excluding carboxylic acids is 1. The van der Waals surface area contributed by atoms with Gasteiger partial charge in [-0.3, -0.25) is 14.5 Å². The number of hydrogen-bond acceptors (Lipinski definition) is 6. The number of amides is 1. The Balaban J connectivity index is 1.67. The Morgan fingerprint density at radius 2 is 2.27 bits per heavy atom. The summed E-state index contributed by atoms with van der Waals surface area (Å²) in [6, 6.07) is 0. The van der Waals surface area contributed by atoms with Gasteiger partial charge in [-0.05, 0) is 18.4 Å². The summed E-state index contributed by atoms with van der Waals surface area (Å²) in [5.41, 5.74) is 0.574. The Morgan fingerprint density at radius 1 is 1.50 bits per heavy atom. The smallest absolute Gasteiger partial charge is 0.262 e. The van der Waals surface area contributed by atoms with Gasteiger partial charge in [0.1, 0.15) is 4.83 Å². The van der Waals surface area contributed by atoms with Gasteiger partial charge in [-0.25, -0.2) is 4.98 Å². The second kappa shape index (κ2) is 7.85. The van der Waals surface area contributed by atoms with Crippen LogP contribution in [0.2, 0.25) is 0 Å². The fraction of sp³-hybridized carbons (Fsp3) is 0.611. The van der Waals surface area contributed by atoms with E-state index in [2.05, 4.69) is 29.0 Å². The summed E-state index contributed by atoms with van der Waals surface area (Å²) >= 11 is 1.26. The molecule has 1 saturated heterocycles. The van der Waals surface area contributed by atoms with Crippen molar-refractivity contribution >= 4 is 27.5 Å². The van der Waals surface area contributed by atoms with Crippen LogP contribution in [0.3, 0.4) is 0 Å². The molecule has 0 bridgehead atoms. The number of thiophene rings is 1. The molecule has 0 radical (unpaired) electrons. The minimum absolute atomic E-state index is 0.00729. The van der Waals surface area contributed by atoms with Crippen molar-refractivity contribution in [2.24, 2.45) is 13.0 Å². The molecule has 8 heteroatoms. The van der Waals surface area contributed by atoms with E-state index < -0.39 is 0 Å². The molecule has 142 valence electrons. The zero-order valence-corrected chi connectivity index (χ0v) is 16.6. The predicted octanol–water partition coefficient (Wildman–Crippen LogP) is 1.39. The van der Waals surface area contributed by atoms with Crippen molar-refractivity contribution < 1.29 is 9.53 Å². The molecule has 2 aromatic rings. The molecule has 1 unspecified atom stereocenters. The lowest BCUT2D eigenvalue weighted by atomic mass is 10.1. The molecule has 0 aromatic carbocycles. The van der Waals surface area contributed by atoms with Gasteiger partial charge in [0.2, 0.25) is 0 Å². The van der Waals surface area contributed by atoms with Gasteiger partial charge in [0.05, 0.1) is 29.3 Å². The van der Waals surface area contributed by atoms with Crippen LogP contribution < -0.4 is 10.9 Å². The van der Waals surface area contributed by atoms with Crippen molar-refractivity contribution in [3.8, 4) is 0 Å². The van der Waals surface area contributed by atoms with Crippen LogP contribution in [-0.2, 0) is 11.8 Å². The Bertz CT molecular complexity index is 858. The van der Waals surface area contributed by atoms with Crippen LogP contribution in [0, 0.1) is 12.8 Å². The molecule has 0 spiro atoms. The fourth-order valence-electron chi connectivity index (χ4n) is 3.30. The van der Waals surface area contributed by atoms with E-state index in [1.807, 2.05) is 0 Å². The van der Waals surface area contributed by atoms with Crippen LogP contribution in [0.5, 0.6) is 0 Å². The van der Waals surface area contributed by atoms with Gasteiger partial charge < -0.3 is 14.6 Å². The summed E-state index contributed by atoms with van der Waals surface area (Å²) in [7, 11) is 1.66. The summed E-state index contributed by atoms with van der Waals surface area (Å²) in [4.78, 5) is 32.7. The van der Waals surface area contributed by atoms with Gasteiger partial charge in [-0.2, -0.15) is 0 Å². The number of ether oxygens (including phenoxy) is 1. The van der Waals surface area contributed by atoms with E-state index in [0.29, 0.717) is 39.7 Å². The number of hydrogen-bond donors (Lipinski definition) is 1. The highest BCUT2D eigenvalue weighted by atomic mass is 32.1. The Morgan fingerprint density at radius 3 is 3.00 bits per heavy atom. The maximum absolute atomic E-state index is 12.6. The van der Waals surface area contributed by atoms with Crippen molar-refractivity contribution in [2.75, 3.05) is 32.8 Å². The third-order valence-corrected chi connectivity index (χ3v) is 5.75. The normalized spacial score (nSPS) is 18.6. The second-order valence-corrected chi connectivity index (χ2v) is 8.25. The van der Waals surface area contributed by atoms with Crippen LogP contribution in [0.25, 0.3) is 10.2 Å². The molecule has 26 heavy (non-hydrogen) atoms. The summed E-state index contributed by atoms with van der Waals surface area (Å²) < 4.78 is 7.21. The lowest BCUT2D eigenvalue weighted by Gasteiger charge is -2.33. The predicted molar refractivity (Wildman–Crippen MR) is 103 cm³/mol. The van der Waals surface area contributed by atoms with E-state index in [1.165, 1.54) is 22.2 Å². The summed E-state index contributed by atoms with van der Waals surface area (Å²) in [5.74, 6) is 0.441. The number of morpholine rings is 1. The number of nitrogens with one attached hydrogen (secondary N) is 1. The molecule has 1 N–H and O–H groups in total. The molecule has 3 heterocycles. The van der Waals surface area contributed by atoms with E-state index >= 15 is 0 Å². The van der Waals surface area contributed by atoms with Crippen molar-refractivity contribution in [1.29, 1.82) is 0 Å². The van der Waals surface area contributed by atoms with Crippen molar-refractivity contribution in [1.82, 2.24) is 19.8 Å². The van der Waals surface area contributed by atoms with Gasteiger partial charge in [-0.1, -0.05) is 13.8 Å². The standard InChI is InChI=1S/C18H26N4O3S/c1-11(2)8-22-5-6-25-13(9-22)7-19-16(23)15-12(3)14-17(26-15)20-10-21(4)18(14)24/h10-11,13H,5-9H2,1-4H3,(H,19,23). The van der Waals surface area contributed by atoms with E-state index in [9.17, 15) is 9.59 Å². The van der Waals surface area contributed by atoms with Crippen LogP contribution in [0.15, 0.2) is 11.1 Å². The van der Waals surface area contributed by atoms with Gasteiger partial charge in [0, 0.05) is 33.2 Å². The van der Waals surface area contributed by atoms with Crippen LogP contribution in [0.1, 0.15) is 29.1 Å². The number of fused-ring (bicyclic) bond motifs is 1. The molecule has 0 aliphatic carbocycles. The van der Waals surface area contributed by atoms with E-state index in [1.54, 1.807) is 14.0 Å². The Labute approximate surface area is 157 Å². The third-order valence-electron chi connectivity index (χ3n) is 4.55. The molecule has 1 atom stereocenters.